The van der Waals surface area contributed by atoms with Gasteiger partial charge in [0.05, 0.1) is 12.1 Å². The van der Waals surface area contributed by atoms with E-state index in [1.165, 1.54) is 6.07 Å². The first-order chi connectivity index (χ1) is 15.7. The first-order valence-corrected chi connectivity index (χ1v) is 10.7. The molecule has 0 saturated heterocycles. The van der Waals surface area contributed by atoms with Crippen molar-refractivity contribution >= 4 is 28.3 Å². The number of hydrogen-bond donors (Lipinski definition) is 2. The van der Waals surface area contributed by atoms with Crippen LogP contribution in [0, 0.1) is 11.6 Å². The van der Waals surface area contributed by atoms with E-state index in [1.807, 2.05) is 24.3 Å². The number of rotatable bonds is 9. The van der Waals surface area contributed by atoms with Gasteiger partial charge >= 0.3 is 0 Å². The zero-order valence-corrected chi connectivity index (χ0v) is 18.9. The molecular formula is C25H28F2N4O2. The summed E-state index contributed by atoms with van der Waals surface area (Å²) >= 11 is 0. The number of carbonyl (C=O) groups is 2. The third-order valence-electron chi connectivity index (χ3n) is 5.80. The molecule has 8 heteroatoms. The fourth-order valence-corrected chi connectivity index (χ4v) is 3.52. The normalized spacial score (nSPS) is 13.2. The minimum absolute atomic E-state index is 0.0713. The Morgan fingerprint density at radius 3 is 2.48 bits per heavy atom. The van der Waals surface area contributed by atoms with Gasteiger partial charge in [-0.05, 0) is 68.6 Å². The highest BCUT2D eigenvalue weighted by atomic mass is 19.2. The van der Waals surface area contributed by atoms with Gasteiger partial charge in [0.2, 0.25) is 5.91 Å². The van der Waals surface area contributed by atoms with Gasteiger partial charge in [0.25, 0.3) is 0 Å². The van der Waals surface area contributed by atoms with E-state index in [9.17, 15) is 18.4 Å². The van der Waals surface area contributed by atoms with Crippen molar-refractivity contribution in [1.29, 1.82) is 0 Å². The average Bonchev–Trinajstić information content (AvgIpc) is 2.78. The maximum absolute atomic E-state index is 13.7. The number of likely N-dealkylation sites (N-methyl/N-ethyl adjacent to an activating group) is 1. The van der Waals surface area contributed by atoms with Crippen molar-refractivity contribution in [2.75, 3.05) is 19.8 Å². The maximum Gasteiger partial charge on any atom is 0.237 e. The second-order valence-electron chi connectivity index (χ2n) is 8.37. The molecule has 3 N–H and O–H groups in total. The van der Waals surface area contributed by atoms with Gasteiger partial charge in [-0.2, -0.15) is 0 Å². The van der Waals surface area contributed by atoms with Crippen molar-refractivity contribution in [3.8, 4) is 0 Å². The SMILES string of the molecule is C[C@@H](C(=O)N[C@@H](Cc1ccc(F)c(F)c1)C(=O)CCc1ccc2c(N)nccc2c1)N(C)C. The summed E-state index contributed by atoms with van der Waals surface area (Å²) < 4.78 is 27.0. The molecule has 0 saturated carbocycles. The molecule has 6 nitrogen and oxygen atoms in total. The molecule has 33 heavy (non-hydrogen) atoms. The molecular weight excluding hydrogens is 426 g/mol. The summed E-state index contributed by atoms with van der Waals surface area (Å²) in [5.41, 5.74) is 7.27. The number of nitrogens with two attached hydrogens (primary N) is 1. The number of aromatic nitrogens is 1. The van der Waals surface area contributed by atoms with Crippen molar-refractivity contribution in [2.45, 2.75) is 38.3 Å². The predicted octanol–water partition coefficient (Wildman–Crippen LogP) is 3.27. The number of anilines is 1. The third kappa shape index (κ3) is 6.10. The number of carbonyl (C=O) groups excluding carboxylic acids is 2. The summed E-state index contributed by atoms with van der Waals surface area (Å²) in [6, 6.07) is 9.76. The Morgan fingerprint density at radius 1 is 1.06 bits per heavy atom. The van der Waals surface area contributed by atoms with Crippen molar-refractivity contribution in [3.05, 3.63) is 71.4 Å². The lowest BCUT2D eigenvalue weighted by Gasteiger charge is -2.24. The molecule has 0 bridgehead atoms. The highest BCUT2D eigenvalue weighted by molar-refractivity contribution is 5.92. The molecule has 0 radical (unpaired) electrons. The number of benzene rings is 2. The zero-order chi connectivity index (χ0) is 24.1. The highest BCUT2D eigenvalue weighted by Crippen LogP contribution is 2.21. The fourth-order valence-electron chi connectivity index (χ4n) is 3.52. The molecule has 0 fully saturated rings. The van der Waals surface area contributed by atoms with E-state index in [1.54, 1.807) is 32.1 Å². The highest BCUT2D eigenvalue weighted by Gasteiger charge is 2.25. The second-order valence-corrected chi connectivity index (χ2v) is 8.37. The number of nitrogen functional groups attached to an aromatic ring is 1. The van der Waals surface area contributed by atoms with Crippen LogP contribution in [0.4, 0.5) is 14.6 Å². The zero-order valence-electron chi connectivity index (χ0n) is 18.9. The van der Waals surface area contributed by atoms with E-state index < -0.39 is 23.7 Å². The largest absolute Gasteiger partial charge is 0.383 e. The van der Waals surface area contributed by atoms with Gasteiger partial charge in [0, 0.05) is 18.0 Å². The number of nitrogens with zero attached hydrogens (tertiary/aromatic N) is 2. The molecule has 0 aliphatic rings. The van der Waals surface area contributed by atoms with E-state index in [-0.39, 0.29) is 24.5 Å². The van der Waals surface area contributed by atoms with Gasteiger partial charge in [0.15, 0.2) is 17.4 Å². The van der Waals surface area contributed by atoms with Crippen LogP contribution in [-0.2, 0) is 22.4 Å². The maximum atomic E-state index is 13.7. The lowest BCUT2D eigenvalue weighted by molar-refractivity contribution is -0.130. The van der Waals surface area contributed by atoms with E-state index in [4.69, 9.17) is 5.73 Å². The van der Waals surface area contributed by atoms with Crippen LogP contribution >= 0.6 is 0 Å². The topological polar surface area (TPSA) is 88.3 Å². The molecule has 3 rings (SSSR count). The van der Waals surface area contributed by atoms with Crippen LogP contribution in [0.3, 0.4) is 0 Å². The molecule has 0 spiro atoms. The summed E-state index contributed by atoms with van der Waals surface area (Å²) in [5, 5.41) is 4.55. The van der Waals surface area contributed by atoms with Crippen LogP contribution < -0.4 is 11.1 Å². The van der Waals surface area contributed by atoms with Gasteiger partial charge in [0.1, 0.15) is 5.82 Å². The molecule has 1 aromatic heterocycles. The Balaban J connectivity index is 1.75. The van der Waals surface area contributed by atoms with Crippen LogP contribution in [0.25, 0.3) is 10.8 Å². The molecule has 2 aromatic carbocycles. The molecule has 1 amide bonds. The summed E-state index contributed by atoms with van der Waals surface area (Å²) in [5.74, 6) is -2.00. The molecule has 2 atom stereocenters. The summed E-state index contributed by atoms with van der Waals surface area (Å²) in [6.07, 6.45) is 2.34. The van der Waals surface area contributed by atoms with Crippen LogP contribution in [0.15, 0.2) is 48.7 Å². The standard InChI is InChI=1S/C25H28F2N4O2/c1-15(31(2)3)25(33)30-22(14-17-5-8-20(26)21(27)13-17)23(32)9-6-16-4-7-19-18(12-16)10-11-29-24(19)28/h4-5,7-8,10-13,15,22H,6,9,14H2,1-3H3,(H2,28,29)(H,30,33)/t15-,22-/m0/s1. The number of hydrogen-bond acceptors (Lipinski definition) is 5. The fraction of sp³-hybridized carbons (Fsp3) is 0.320. The number of pyridine rings is 1. The van der Waals surface area contributed by atoms with Gasteiger partial charge in [-0.1, -0.05) is 24.3 Å². The van der Waals surface area contributed by atoms with E-state index in [2.05, 4.69) is 10.3 Å². The van der Waals surface area contributed by atoms with Crippen molar-refractivity contribution in [3.63, 3.8) is 0 Å². The summed E-state index contributed by atoms with van der Waals surface area (Å²) in [7, 11) is 3.52. The number of Topliss-reactive ketones (excluding diaryl/α,β-unsaturated/α-hetero) is 1. The third-order valence-corrected chi connectivity index (χ3v) is 5.80. The van der Waals surface area contributed by atoms with Crippen LogP contribution in [0.1, 0.15) is 24.5 Å². The first-order valence-electron chi connectivity index (χ1n) is 10.7. The van der Waals surface area contributed by atoms with E-state index >= 15 is 0 Å². The molecule has 3 aromatic rings. The average molecular weight is 455 g/mol. The smallest absolute Gasteiger partial charge is 0.237 e. The predicted molar refractivity (Wildman–Crippen MR) is 125 cm³/mol. The second kappa shape index (κ2) is 10.5. The van der Waals surface area contributed by atoms with Gasteiger partial charge in [-0.25, -0.2) is 13.8 Å². The van der Waals surface area contributed by atoms with Crippen LogP contribution in [0.5, 0.6) is 0 Å². The molecule has 0 aliphatic carbocycles. The van der Waals surface area contributed by atoms with Crippen LogP contribution in [0.2, 0.25) is 0 Å². The van der Waals surface area contributed by atoms with Crippen LogP contribution in [-0.4, -0.2) is 47.8 Å². The van der Waals surface area contributed by atoms with Crippen molar-refractivity contribution < 1.29 is 18.4 Å². The Morgan fingerprint density at radius 2 is 1.79 bits per heavy atom. The lowest BCUT2D eigenvalue weighted by atomic mass is 9.96. The van der Waals surface area contributed by atoms with Gasteiger partial charge in [-0.15, -0.1) is 0 Å². The van der Waals surface area contributed by atoms with Gasteiger partial charge < -0.3 is 11.1 Å². The van der Waals surface area contributed by atoms with Gasteiger partial charge in [-0.3, -0.25) is 14.5 Å². The Labute approximate surface area is 191 Å². The Bertz CT molecular complexity index is 1170. The summed E-state index contributed by atoms with van der Waals surface area (Å²) in [4.78, 5) is 31.5. The molecule has 0 aliphatic heterocycles. The van der Waals surface area contributed by atoms with Crippen molar-refractivity contribution in [2.24, 2.45) is 0 Å². The summed E-state index contributed by atoms with van der Waals surface area (Å²) in [6.45, 7) is 1.73. The minimum Gasteiger partial charge on any atom is -0.383 e. The van der Waals surface area contributed by atoms with E-state index in [0.717, 1.165) is 28.5 Å². The Kier molecular flexibility index (Phi) is 7.71. The molecule has 0 unspecified atom stereocenters. The minimum atomic E-state index is -0.989. The number of amides is 1. The van der Waals surface area contributed by atoms with E-state index in [0.29, 0.717) is 17.8 Å². The first kappa shape index (κ1) is 24.3. The Hall–Kier alpha value is -3.39. The molecule has 1 heterocycles. The number of aryl methyl sites for hydroxylation is 1. The number of fused-ring (bicyclic) bond motifs is 1. The number of nitrogens with one attached hydrogen (secondary N) is 1. The lowest BCUT2D eigenvalue weighted by Crippen LogP contribution is -2.49. The van der Waals surface area contributed by atoms with Crippen molar-refractivity contribution in [1.82, 2.24) is 15.2 Å². The number of halogens is 2. The number of ketones is 1. The quantitative estimate of drug-likeness (QED) is 0.518. The monoisotopic (exact) mass is 454 g/mol. The molecule has 174 valence electrons.